The molecule has 2 aromatic rings. The molecule has 0 spiro atoms. The number of anilines is 1. The van der Waals surface area contributed by atoms with Gasteiger partial charge in [0.25, 0.3) is 0 Å². The van der Waals surface area contributed by atoms with Crippen LogP contribution in [0.4, 0.5) is 5.82 Å². The van der Waals surface area contributed by atoms with E-state index >= 15 is 0 Å². The van der Waals surface area contributed by atoms with E-state index in [0.717, 1.165) is 37.6 Å². The number of benzene rings is 1. The van der Waals surface area contributed by atoms with Crippen LogP contribution in [0, 0.1) is 11.3 Å². The Balaban J connectivity index is 1.45. The minimum atomic E-state index is 0.148. The van der Waals surface area contributed by atoms with Crippen LogP contribution >= 0.6 is 11.6 Å². The summed E-state index contributed by atoms with van der Waals surface area (Å²) in [6.45, 7) is 5.12. The van der Waals surface area contributed by atoms with Gasteiger partial charge in [0, 0.05) is 44.3 Å². The molecule has 0 amide bonds. The molecule has 1 aromatic heterocycles. The van der Waals surface area contributed by atoms with Crippen molar-refractivity contribution in [3.63, 3.8) is 0 Å². The lowest BCUT2D eigenvalue weighted by molar-refractivity contribution is 0.179. The maximum absolute atomic E-state index is 9.05. The van der Waals surface area contributed by atoms with E-state index in [2.05, 4.69) is 27.8 Å². The van der Waals surface area contributed by atoms with E-state index in [4.69, 9.17) is 21.6 Å². The summed E-state index contributed by atoms with van der Waals surface area (Å²) in [7, 11) is 0. The molecule has 2 fully saturated rings. The first kappa shape index (κ1) is 17.1. The summed E-state index contributed by atoms with van der Waals surface area (Å²) < 4.78 is 6.17. The smallest absolute Gasteiger partial charge is 0.128 e. The van der Waals surface area contributed by atoms with Gasteiger partial charge in [0.05, 0.1) is 16.7 Å². The van der Waals surface area contributed by atoms with Gasteiger partial charge in [0.15, 0.2) is 0 Å². The normalized spacial score (nSPS) is 25.6. The van der Waals surface area contributed by atoms with Gasteiger partial charge in [-0.05, 0) is 37.3 Å². The Bertz CT molecular complexity index is 819. The third-order valence-electron chi connectivity index (χ3n) is 5.36. The first-order valence-corrected chi connectivity index (χ1v) is 9.31. The van der Waals surface area contributed by atoms with Crippen LogP contribution in [0.25, 0.3) is 0 Å². The van der Waals surface area contributed by atoms with Crippen molar-refractivity contribution < 1.29 is 4.74 Å². The van der Waals surface area contributed by atoms with E-state index in [1.807, 2.05) is 30.3 Å². The van der Waals surface area contributed by atoms with Gasteiger partial charge in [0.2, 0.25) is 0 Å². The van der Waals surface area contributed by atoms with Crippen LogP contribution in [0.5, 0.6) is 5.75 Å². The summed E-state index contributed by atoms with van der Waals surface area (Å²) in [6, 6.07) is 14.2. The number of nitriles is 1. The molecular weight excluding hydrogens is 348 g/mol. The van der Waals surface area contributed by atoms with Crippen molar-refractivity contribution in [2.75, 3.05) is 24.5 Å². The standard InChI is InChI=1S/C20H21ClN4O/c1-14-19-10-18(26-17-4-2-3-15(9-17)11-22)13-24(19)7-8-25(14)20-6-5-16(21)12-23-20/h2-6,9,12,14,18-19H,7-8,10,13H2,1H3/t14?,18-,19-/m0/s1. The number of fused-ring (bicyclic) bond motifs is 1. The van der Waals surface area contributed by atoms with Gasteiger partial charge in [-0.15, -0.1) is 0 Å². The highest BCUT2D eigenvalue weighted by atomic mass is 35.5. The Kier molecular flexibility index (Phi) is 4.71. The number of hydrogen-bond acceptors (Lipinski definition) is 5. The molecule has 134 valence electrons. The van der Waals surface area contributed by atoms with E-state index in [1.54, 1.807) is 12.3 Å². The second-order valence-corrected chi connectivity index (χ2v) is 7.38. The van der Waals surface area contributed by atoms with Crippen molar-refractivity contribution in [2.24, 2.45) is 0 Å². The summed E-state index contributed by atoms with van der Waals surface area (Å²) >= 11 is 5.97. The molecule has 1 unspecified atom stereocenters. The molecule has 5 nitrogen and oxygen atoms in total. The number of ether oxygens (including phenoxy) is 1. The van der Waals surface area contributed by atoms with Crippen molar-refractivity contribution in [1.29, 1.82) is 5.26 Å². The molecule has 2 saturated heterocycles. The van der Waals surface area contributed by atoms with Crippen LogP contribution in [0.1, 0.15) is 18.9 Å². The van der Waals surface area contributed by atoms with E-state index in [9.17, 15) is 0 Å². The monoisotopic (exact) mass is 368 g/mol. The van der Waals surface area contributed by atoms with E-state index in [-0.39, 0.29) is 6.10 Å². The Morgan fingerprint density at radius 3 is 2.92 bits per heavy atom. The molecule has 2 aliphatic heterocycles. The number of pyridine rings is 1. The Hall–Kier alpha value is -2.29. The first-order chi connectivity index (χ1) is 12.6. The lowest BCUT2D eigenvalue weighted by Crippen LogP contribution is -2.56. The largest absolute Gasteiger partial charge is 0.489 e. The maximum Gasteiger partial charge on any atom is 0.128 e. The molecule has 4 rings (SSSR count). The minimum Gasteiger partial charge on any atom is -0.489 e. The fourth-order valence-corrected chi connectivity index (χ4v) is 4.19. The third-order valence-corrected chi connectivity index (χ3v) is 5.58. The molecule has 3 heterocycles. The van der Waals surface area contributed by atoms with Crippen molar-refractivity contribution in [1.82, 2.24) is 9.88 Å². The first-order valence-electron chi connectivity index (χ1n) is 8.93. The van der Waals surface area contributed by atoms with E-state index < -0.39 is 0 Å². The molecule has 2 aliphatic rings. The lowest BCUT2D eigenvalue weighted by atomic mass is 10.0. The Morgan fingerprint density at radius 2 is 2.15 bits per heavy atom. The fourth-order valence-electron chi connectivity index (χ4n) is 4.07. The lowest BCUT2D eigenvalue weighted by Gasteiger charge is -2.43. The van der Waals surface area contributed by atoms with Crippen LogP contribution in [0.15, 0.2) is 42.6 Å². The summed E-state index contributed by atoms with van der Waals surface area (Å²) in [5, 5.41) is 9.71. The van der Waals surface area contributed by atoms with Crippen molar-refractivity contribution >= 4 is 17.4 Å². The molecule has 26 heavy (non-hydrogen) atoms. The number of nitrogens with zero attached hydrogens (tertiary/aromatic N) is 4. The Labute approximate surface area is 158 Å². The topological polar surface area (TPSA) is 52.4 Å². The maximum atomic E-state index is 9.05. The number of halogens is 1. The fraction of sp³-hybridized carbons (Fsp3) is 0.400. The van der Waals surface area contributed by atoms with E-state index in [1.165, 1.54) is 0 Å². The van der Waals surface area contributed by atoms with Crippen LogP contribution < -0.4 is 9.64 Å². The quantitative estimate of drug-likeness (QED) is 0.831. The van der Waals surface area contributed by atoms with Gasteiger partial charge < -0.3 is 9.64 Å². The third kappa shape index (κ3) is 3.35. The molecular formula is C20H21ClN4O. The molecule has 0 aliphatic carbocycles. The highest BCUT2D eigenvalue weighted by molar-refractivity contribution is 6.30. The van der Waals surface area contributed by atoms with Gasteiger partial charge in [-0.3, -0.25) is 4.90 Å². The molecule has 3 atom stereocenters. The number of rotatable bonds is 3. The molecule has 6 heteroatoms. The van der Waals surface area contributed by atoms with Crippen LogP contribution in [0.2, 0.25) is 5.02 Å². The Morgan fingerprint density at radius 1 is 1.27 bits per heavy atom. The zero-order valence-electron chi connectivity index (χ0n) is 14.7. The zero-order valence-corrected chi connectivity index (χ0v) is 15.4. The highest BCUT2D eigenvalue weighted by Gasteiger charge is 2.42. The van der Waals surface area contributed by atoms with E-state index in [0.29, 0.717) is 22.7 Å². The number of hydrogen-bond donors (Lipinski definition) is 0. The average Bonchev–Trinajstić information content (AvgIpc) is 3.07. The summed E-state index contributed by atoms with van der Waals surface area (Å²) in [5.74, 6) is 1.76. The highest BCUT2D eigenvalue weighted by Crippen LogP contribution is 2.32. The van der Waals surface area contributed by atoms with Gasteiger partial charge in [-0.1, -0.05) is 17.7 Å². The molecule has 0 radical (unpaired) electrons. The van der Waals surface area contributed by atoms with Crippen LogP contribution in [-0.4, -0.2) is 47.7 Å². The molecule has 1 aromatic carbocycles. The van der Waals surface area contributed by atoms with Gasteiger partial charge in [-0.2, -0.15) is 5.26 Å². The number of aromatic nitrogens is 1. The molecule has 0 bridgehead atoms. The average molecular weight is 369 g/mol. The predicted octanol–water partition coefficient (Wildman–Crippen LogP) is 3.34. The van der Waals surface area contributed by atoms with Crippen molar-refractivity contribution in [3.05, 3.63) is 53.2 Å². The second-order valence-electron chi connectivity index (χ2n) is 6.95. The molecule has 0 N–H and O–H groups in total. The minimum absolute atomic E-state index is 0.148. The summed E-state index contributed by atoms with van der Waals surface area (Å²) in [6.07, 6.45) is 2.83. The van der Waals surface area contributed by atoms with Crippen molar-refractivity contribution in [3.8, 4) is 11.8 Å². The van der Waals surface area contributed by atoms with Gasteiger partial charge in [-0.25, -0.2) is 4.98 Å². The zero-order chi connectivity index (χ0) is 18.1. The van der Waals surface area contributed by atoms with Crippen LogP contribution in [0.3, 0.4) is 0 Å². The number of piperazine rings is 1. The molecule has 0 saturated carbocycles. The van der Waals surface area contributed by atoms with Gasteiger partial charge >= 0.3 is 0 Å². The summed E-state index contributed by atoms with van der Waals surface area (Å²) in [4.78, 5) is 9.35. The SMILES string of the molecule is CC1[C@@H]2C[C@H](Oc3cccc(C#N)c3)CN2CCN1c1ccc(Cl)cn1. The predicted molar refractivity (Wildman–Crippen MR) is 102 cm³/mol. The second kappa shape index (κ2) is 7.14. The van der Waals surface area contributed by atoms with Crippen molar-refractivity contribution in [2.45, 2.75) is 31.5 Å². The summed E-state index contributed by atoms with van der Waals surface area (Å²) in [5.41, 5.74) is 0.631. The van der Waals surface area contributed by atoms with Gasteiger partial charge in [0.1, 0.15) is 17.7 Å². The van der Waals surface area contributed by atoms with Crippen LogP contribution in [-0.2, 0) is 0 Å².